The highest BCUT2D eigenvalue weighted by Gasteiger charge is 2.32. The van der Waals surface area contributed by atoms with Gasteiger partial charge in [-0.15, -0.1) is 0 Å². The van der Waals surface area contributed by atoms with Crippen LogP contribution >= 0.6 is 12.2 Å². The molecule has 0 atom stereocenters. The monoisotopic (exact) mass is 277 g/mol. The van der Waals surface area contributed by atoms with Gasteiger partial charge in [-0.3, -0.25) is 4.98 Å². The quantitative estimate of drug-likeness (QED) is 0.859. The molecule has 100 valence electrons. The second-order valence-electron chi connectivity index (χ2n) is 4.10. The molecule has 7 heteroatoms. The van der Waals surface area contributed by atoms with E-state index in [4.69, 9.17) is 18.0 Å². The molecule has 2 N–H and O–H groups in total. The van der Waals surface area contributed by atoms with Gasteiger partial charge in [-0.05, 0) is 26.0 Å². The van der Waals surface area contributed by atoms with Gasteiger partial charge in [-0.25, -0.2) is 0 Å². The lowest BCUT2D eigenvalue weighted by Gasteiger charge is -2.29. The molecule has 1 aromatic rings. The second-order valence-corrected chi connectivity index (χ2v) is 4.54. The Morgan fingerprint density at radius 3 is 2.39 bits per heavy atom. The largest absolute Gasteiger partial charge is 0.405 e. The summed E-state index contributed by atoms with van der Waals surface area (Å²) in [5.41, 5.74) is 6.16. The van der Waals surface area contributed by atoms with Gasteiger partial charge >= 0.3 is 6.18 Å². The summed E-state index contributed by atoms with van der Waals surface area (Å²) >= 11 is 4.73. The van der Waals surface area contributed by atoms with Crippen LogP contribution in [-0.2, 0) is 0 Å². The van der Waals surface area contributed by atoms with Gasteiger partial charge in [0.05, 0.1) is 17.6 Å². The van der Waals surface area contributed by atoms with Crippen molar-refractivity contribution in [2.24, 2.45) is 5.73 Å². The highest BCUT2D eigenvalue weighted by atomic mass is 32.1. The first-order valence-electron chi connectivity index (χ1n) is 5.30. The van der Waals surface area contributed by atoms with E-state index >= 15 is 0 Å². The lowest BCUT2D eigenvalue weighted by atomic mass is 10.2. The number of hydrogen-bond donors (Lipinski definition) is 1. The van der Waals surface area contributed by atoms with Gasteiger partial charge in [-0.1, -0.05) is 12.2 Å². The Morgan fingerprint density at radius 2 is 2.06 bits per heavy atom. The van der Waals surface area contributed by atoms with E-state index in [2.05, 4.69) is 4.98 Å². The average molecular weight is 277 g/mol. The standard InChI is InChI=1S/C11H14F3N3S/c1-7(2)17(6-11(12,13)14)8-3-4-9(10(15)18)16-5-8/h3-5,7H,6H2,1-2H3,(H2,15,18). The zero-order chi connectivity index (χ0) is 13.9. The van der Waals surface area contributed by atoms with Crippen molar-refractivity contribution in [2.45, 2.75) is 26.1 Å². The van der Waals surface area contributed by atoms with E-state index < -0.39 is 12.7 Å². The summed E-state index contributed by atoms with van der Waals surface area (Å²) in [5, 5.41) is 0. The van der Waals surface area contributed by atoms with Crippen molar-refractivity contribution in [3.8, 4) is 0 Å². The summed E-state index contributed by atoms with van der Waals surface area (Å²) in [6, 6.07) is 2.76. The van der Waals surface area contributed by atoms with Crippen molar-refractivity contribution in [3.63, 3.8) is 0 Å². The van der Waals surface area contributed by atoms with Gasteiger partial charge in [0.1, 0.15) is 11.5 Å². The van der Waals surface area contributed by atoms with Crippen LogP contribution in [0.3, 0.4) is 0 Å². The molecule has 0 aromatic carbocycles. The molecule has 0 unspecified atom stereocenters. The highest BCUT2D eigenvalue weighted by molar-refractivity contribution is 7.80. The minimum absolute atomic E-state index is 0.119. The number of aromatic nitrogens is 1. The topological polar surface area (TPSA) is 42.1 Å². The van der Waals surface area contributed by atoms with E-state index in [1.807, 2.05) is 0 Å². The van der Waals surface area contributed by atoms with Gasteiger partial charge in [0.2, 0.25) is 0 Å². The van der Waals surface area contributed by atoms with Crippen LogP contribution in [0.5, 0.6) is 0 Å². The Bertz CT molecular complexity index is 415. The number of anilines is 1. The van der Waals surface area contributed by atoms with Crippen LogP contribution in [0.4, 0.5) is 18.9 Å². The number of nitrogens with zero attached hydrogens (tertiary/aromatic N) is 2. The van der Waals surface area contributed by atoms with Crippen molar-refractivity contribution in [1.82, 2.24) is 4.98 Å². The van der Waals surface area contributed by atoms with Crippen LogP contribution in [0.1, 0.15) is 19.5 Å². The first-order chi connectivity index (χ1) is 8.20. The maximum Gasteiger partial charge on any atom is 0.405 e. The molecule has 0 bridgehead atoms. The second kappa shape index (κ2) is 5.51. The van der Waals surface area contributed by atoms with Crippen molar-refractivity contribution < 1.29 is 13.2 Å². The third-order valence-corrected chi connectivity index (χ3v) is 2.51. The predicted molar refractivity (Wildman–Crippen MR) is 68.7 cm³/mol. The summed E-state index contributed by atoms with van der Waals surface area (Å²) < 4.78 is 37.4. The minimum Gasteiger partial charge on any atom is -0.388 e. The molecular formula is C11H14F3N3S. The third kappa shape index (κ3) is 4.14. The Kier molecular flexibility index (Phi) is 4.50. The van der Waals surface area contributed by atoms with E-state index in [0.29, 0.717) is 11.4 Å². The molecule has 1 aromatic heterocycles. The van der Waals surface area contributed by atoms with Gasteiger partial charge in [-0.2, -0.15) is 13.2 Å². The van der Waals surface area contributed by atoms with E-state index in [1.54, 1.807) is 13.8 Å². The first-order valence-corrected chi connectivity index (χ1v) is 5.71. The Morgan fingerprint density at radius 1 is 1.44 bits per heavy atom. The number of hydrogen-bond acceptors (Lipinski definition) is 3. The van der Waals surface area contributed by atoms with Gasteiger partial charge in [0, 0.05) is 6.04 Å². The van der Waals surface area contributed by atoms with Crippen molar-refractivity contribution in [3.05, 3.63) is 24.0 Å². The third-order valence-electron chi connectivity index (χ3n) is 2.30. The van der Waals surface area contributed by atoms with Crippen LogP contribution in [0.25, 0.3) is 0 Å². The van der Waals surface area contributed by atoms with Crippen molar-refractivity contribution in [2.75, 3.05) is 11.4 Å². The molecule has 0 aliphatic rings. The fraction of sp³-hybridized carbons (Fsp3) is 0.455. The van der Waals surface area contributed by atoms with Crippen molar-refractivity contribution >= 4 is 22.9 Å². The van der Waals surface area contributed by atoms with Gasteiger partial charge in [0.25, 0.3) is 0 Å². The van der Waals surface area contributed by atoms with E-state index in [1.165, 1.54) is 23.2 Å². The summed E-state index contributed by atoms with van der Waals surface area (Å²) in [7, 11) is 0. The molecule has 0 aliphatic heterocycles. The average Bonchev–Trinajstić information content (AvgIpc) is 2.24. The molecule has 0 amide bonds. The Balaban J connectivity index is 2.96. The fourth-order valence-electron chi connectivity index (χ4n) is 1.47. The van der Waals surface area contributed by atoms with Gasteiger partial charge in [0.15, 0.2) is 0 Å². The molecule has 0 saturated heterocycles. The van der Waals surface area contributed by atoms with Crippen LogP contribution in [0.2, 0.25) is 0 Å². The summed E-state index contributed by atoms with van der Waals surface area (Å²) in [5.74, 6) is 0. The predicted octanol–water partition coefficient (Wildman–Crippen LogP) is 2.49. The lowest BCUT2D eigenvalue weighted by molar-refractivity contribution is -0.120. The van der Waals surface area contributed by atoms with E-state index in [9.17, 15) is 13.2 Å². The molecule has 18 heavy (non-hydrogen) atoms. The highest BCUT2D eigenvalue weighted by Crippen LogP contribution is 2.23. The SMILES string of the molecule is CC(C)N(CC(F)(F)F)c1ccc(C(N)=S)nc1. The summed E-state index contributed by atoms with van der Waals surface area (Å²) in [6.07, 6.45) is -2.91. The van der Waals surface area contributed by atoms with E-state index in [-0.39, 0.29) is 11.0 Å². The number of halogens is 3. The molecule has 0 saturated carbocycles. The number of nitrogens with two attached hydrogens (primary N) is 1. The Labute approximate surface area is 109 Å². The summed E-state index contributed by atoms with van der Waals surface area (Å²) in [6.45, 7) is 2.36. The molecule has 0 radical (unpaired) electrons. The maximum absolute atomic E-state index is 12.5. The molecule has 1 rings (SSSR count). The van der Waals surface area contributed by atoms with Crippen molar-refractivity contribution in [1.29, 1.82) is 0 Å². The molecule has 0 aliphatic carbocycles. The van der Waals surface area contributed by atoms with Crippen LogP contribution in [-0.4, -0.2) is 28.7 Å². The smallest absolute Gasteiger partial charge is 0.388 e. The normalized spacial score (nSPS) is 11.7. The van der Waals surface area contributed by atoms with Crippen LogP contribution in [0, 0.1) is 0 Å². The number of thiocarbonyl (C=S) groups is 1. The number of pyridine rings is 1. The zero-order valence-electron chi connectivity index (χ0n) is 10.0. The Hall–Kier alpha value is -1.37. The first kappa shape index (κ1) is 14.7. The fourth-order valence-corrected chi connectivity index (χ4v) is 1.59. The molecule has 1 heterocycles. The number of rotatable bonds is 4. The molecule has 0 spiro atoms. The number of alkyl halides is 3. The molecule has 0 fully saturated rings. The molecular weight excluding hydrogens is 263 g/mol. The van der Waals surface area contributed by atoms with Gasteiger partial charge < -0.3 is 10.6 Å². The molecule has 3 nitrogen and oxygen atoms in total. The summed E-state index contributed by atoms with van der Waals surface area (Å²) in [4.78, 5) is 5.27. The maximum atomic E-state index is 12.5. The van der Waals surface area contributed by atoms with E-state index in [0.717, 1.165) is 0 Å². The van der Waals surface area contributed by atoms with Crippen LogP contribution in [0.15, 0.2) is 18.3 Å². The lowest BCUT2D eigenvalue weighted by Crippen LogP contribution is -2.39. The minimum atomic E-state index is -4.26. The van der Waals surface area contributed by atoms with Crippen LogP contribution < -0.4 is 10.6 Å². The zero-order valence-corrected chi connectivity index (χ0v) is 10.8.